The van der Waals surface area contributed by atoms with Crippen molar-refractivity contribution in [2.45, 2.75) is 37.8 Å². The van der Waals surface area contributed by atoms with Gasteiger partial charge in [0.05, 0.1) is 11.0 Å². The Kier molecular flexibility index (Phi) is 7.63. The lowest BCUT2D eigenvalue weighted by atomic mass is 9.92. The number of benzene rings is 3. The Bertz CT molecular complexity index is 1230. The summed E-state index contributed by atoms with van der Waals surface area (Å²) in [6, 6.07) is 18.3. The van der Waals surface area contributed by atoms with Crippen LogP contribution in [0.4, 0.5) is 10.1 Å². The van der Waals surface area contributed by atoms with E-state index in [1.165, 1.54) is 42.5 Å². The lowest BCUT2D eigenvalue weighted by molar-refractivity contribution is 0.102. The summed E-state index contributed by atoms with van der Waals surface area (Å²) in [6.45, 7) is 5.03. The number of anilines is 1. The zero-order valence-corrected chi connectivity index (χ0v) is 19.4. The summed E-state index contributed by atoms with van der Waals surface area (Å²) in [5.74, 6) is -1.30. The molecule has 0 spiro atoms. The molecule has 0 aliphatic carbocycles. The van der Waals surface area contributed by atoms with Crippen molar-refractivity contribution >= 4 is 21.6 Å². The SMILES string of the molecule is Cc1cc(NC(=O)c2cccc(S(=O)(=O)NC(C)C(C)C(O)c3ccccc3)c2)ccc1F. The molecule has 0 saturated heterocycles. The van der Waals surface area contributed by atoms with Crippen LogP contribution in [0.15, 0.2) is 77.7 Å². The van der Waals surface area contributed by atoms with Crippen LogP contribution < -0.4 is 10.0 Å². The topological polar surface area (TPSA) is 95.5 Å². The first-order valence-electron chi connectivity index (χ1n) is 10.5. The van der Waals surface area contributed by atoms with Crippen molar-refractivity contribution in [2.24, 2.45) is 5.92 Å². The fourth-order valence-electron chi connectivity index (χ4n) is 3.38. The largest absolute Gasteiger partial charge is 0.388 e. The first kappa shape index (κ1) is 24.6. The van der Waals surface area contributed by atoms with Gasteiger partial charge >= 0.3 is 0 Å². The Balaban J connectivity index is 1.73. The van der Waals surface area contributed by atoms with Crippen LogP contribution in [0.25, 0.3) is 0 Å². The lowest BCUT2D eigenvalue weighted by Crippen LogP contribution is -2.39. The van der Waals surface area contributed by atoms with E-state index in [0.29, 0.717) is 16.8 Å². The van der Waals surface area contributed by atoms with Crippen molar-refractivity contribution in [3.05, 3.63) is 95.3 Å². The number of halogens is 1. The molecule has 33 heavy (non-hydrogen) atoms. The predicted octanol–water partition coefficient (Wildman–Crippen LogP) is 4.42. The van der Waals surface area contributed by atoms with Gasteiger partial charge in [0.1, 0.15) is 5.82 Å². The van der Waals surface area contributed by atoms with E-state index >= 15 is 0 Å². The maximum atomic E-state index is 13.4. The Hall–Kier alpha value is -3.07. The summed E-state index contributed by atoms with van der Waals surface area (Å²) in [5.41, 5.74) is 1.63. The number of aliphatic hydroxyl groups excluding tert-OH is 1. The number of hydrogen-bond donors (Lipinski definition) is 3. The molecule has 0 aliphatic heterocycles. The third-order valence-electron chi connectivity index (χ3n) is 5.59. The van der Waals surface area contributed by atoms with Crippen LogP contribution in [0.3, 0.4) is 0 Å². The van der Waals surface area contributed by atoms with Crippen LogP contribution in [0.1, 0.15) is 41.4 Å². The number of aryl methyl sites for hydroxylation is 1. The first-order valence-corrected chi connectivity index (χ1v) is 12.0. The summed E-state index contributed by atoms with van der Waals surface area (Å²) in [7, 11) is -3.95. The summed E-state index contributed by atoms with van der Waals surface area (Å²) in [5, 5.41) is 13.3. The molecule has 3 rings (SSSR count). The Morgan fingerprint density at radius 3 is 2.33 bits per heavy atom. The maximum absolute atomic E-state index is 13.4. The Morgan fingerprint density at radius 2 is 1.67 bits per heavy atom. The maximum Gasteiger partial charge on any atom is 0.255 e. The van der Waals surface area contributed by atoms with Gasteiger partial charge in [0.15, 0.2) is 0 Å². The standard InChI is InChI=1S/C25H27FN2O4S/c1-16-14-21(12-13-23(16)26)27-25(30)20-10-7-11-22(15-20)33(31,32)28-18(3)17(2)24(29)19-8-5-4-6-9-19/h4-15,17-18,24,28-29H,1-3H3,(H,27,30). The smallest absolute Gasteiger partial charge is 0.255 e. The highest BCUT2D eigenvalue weighted by molar-refractivity contribution is 7.89. The molecule has 0 heterocycles. The third-order valence-corrected chi connectivity index (χ3v) is 7.15. The van der Waals surface area contributed by atoms with Crippen LogP contribution in [-0.4, -0.2) is 25.5 Å². The van der Waals surface area contributed by atoms with Gasteiger partial charge in [-0.2, -0.15) is 0 Å². The highest BCUT2D eigenvalue weighted by Crippen LogP contribution is 2.25. The number of amides is 1. The second kappa shape index (κ2) is 10.2. The summed E-state index contributed by atoms with van der Waals surface area (Å²) >= 11 is 0. The zero-order chi connectivity index (χ0) is 24.2. The second-order valence-electron chi connectivity index (χ2n) is 8.07. The molecule has 0 fully saturated rings. The van der Waals surface area contributed by atoms with E-state index in [9.17, 15) is 22.7 Å². The first-order chi connectivity index (χ1) is 15.6. The lowest BCUT2D eigenvalue weighted by Gasteiger charge is -2.26. The van der Waals surface area contributed by atoms with Gasteiger partial charge in [-0.3, -0.25) is 4.79 Å². The minimum absolute atomic E-state index is 0.0707. The van der Waals surface area contributed by atoms with E-state index in [1.54, 1.807) is 32.9 Å². The van der Waals surface area contributed by atoms with Crippen molar-refractivity contribution in [1.82, 2.24) is 4.72 Å². The second-order valence-corrected chi connectivity index (χ2v) is 9.78. The number of aliphatic hydroxyl groups is 1. The van der Waals surface area contributed by atoms with Gasteiger partial charge < -0.3 is 10.4 Å². The zero-order valence-electron chi connectivity index (χ0n) is 18.6. The molecule has 0 aliphatic rings. The van der Waals surface area contributed by atoms with Gasteiger partial charge in [0, 0.05) is 23.2 Å². The van der Waals surface area contributed by atoms with Gasteiger partial charge in [-0.1, -0.05) is 43.3 Å². The highest BCUT2D eigenvalue weighted by atomic mass is 32.2. The van der Waals surface area contributed by atoms with E-state index in [0.717, 1.165) is 0 Å². The molecular weight excluding hydrogens is 443 g/mol. The average molecular weight is 471 g/mol. The summed E-state index contributed by atoms with van der Waals surface area (Å²) in [4.78, 5) is 12.5. The Morgan fingerprint density at radius 1 is 0.970 bits per heavy atom. The van der Waals surface area contributed by atoms with E-state index in [2.05, 4.69) is 10.0 Å². The molecular formula is C25H27FN2O4S. The molecule has 0 radical (unpaired) electrons. The van der Waals surface area contributed by atoms with Crippen molar-refractivity contribution in [3.8, 4) is 0 Å². The van der Waals surface area contributed by atoms with Gasteiger partial charge in [0.2, 0.25) is 10.0 Å². The van der Waals surface area contributed by atoms with Crippen molar-refractivity contribution in [1.29, 1.82) is 0 Å². The minimum Gasteiger partial charge on any atom is -0.388 e. The predicted molar refractivity (Wildman–Crippen MR) is 126 cm³/mol. The van der Waals surface area contributed by atoms with Gasteiger partial charge in [0.25, 0.3) is 5.91 Å². The molecule has 3 aromatic carbocycles. The molecule has 3 unspecified atom stereocenters. The van der Waals surface area contributed by atoms with Crippen LogP contribution >= 0.6 is 0 Å². The third kappa shape index (κ3) is 6.04. The van der Waals surface area contributed by atoms with Crippen LogP contribution in [0.5, 0.6) is 0 Å². The molecule has 0 saturated carbocycles. The molecule has 0 aromatic heterocycles. The Labute approximate surface area is 193 Å². The molecule has 8 heteroatoms. The van der Waals surface area contributed by atoms with E-state index < -0.39 is 34.0 Å². The number of sulfonamides is 1. The number of nitrogens with one attached hydrogen (secondary N) is 2. The average Bonchev–Trinajstić information content (AvgIpc) is 2.80. The molecule has 3 aromatic rings. The van der Waals surface area contributed by atoms with Gasteiger partial charge in [-0.15, -0.1) is 0 Å². The quantitative estimate of drug-likeness (QED) is 0.454. The highest BCUT2D eigenvalue weighted by Gasteiger charge is 2.27. The molecule has 1 amide bonds. The van der Waals surface area contributed by atoms with E-state index in [4.69, 9.17) is 0 Å². The number of rotatable bonds is 8. The number of hydrogen-bond acceptors (Lipinski definition) is 4. The fraction of sp³-hybridized carbons (Fsp3) is 0.240. The molecule has 0 bridgehead atoms. The van der Waals surface area contributed by atoms with E-state index in [1.807, 2.05) is 18.2 Å². The van der Waals surface area contributed by atoms with E-state index in [-0.39, 0.29) is 16.3 Å². The molecule has 3 atom stereocenters. The number of carbonyl (C=O) groups is 1. The number of carbonyl (C=O) groups excluding carboxylic acids is 1. The van der Waals surface area contributed by atoms with Gasteiger partial charge in [-0.25, -0.2) is 17.5 Å². The summed E-state index contributed by atoms with van der Waals surface area (Å²) in [6.07, 6.45) is -0.847. The van der Waals surface area contributed by atoms with Crippen molar-refractivity contribution < 1.29 is 22.7 Å². The van der Waals surface area contributed by atoms with Crippen LogP contribution in [-0.2, 0) is 10.0 Å². The molecule has 6 nitrogen and oxygen atoms in total. The van der Waals surface area contributed by atoms with Crippen molar-refractivity contribution in [3.63, 3.8) is 0 Å². The van der Waals surface area contributed by atoms with Crippen molar-refractivity contribution in [2.75, 3.05) is 5.32 Å². The monoisotopic (exact) mass is 470 g/mol. The normalized spacial score (nSPS) is 14.3. The van der Waals surface area contributed by atoms with Crippen LogP contribution in [0, 0.1) is 18.7 Å². The van der Waals surface area contributed by atoms with Crippen LogP contribution in [0.2, 0.25) is 0 Å². The summed E-state index contributed by atoms with van der Waals surface area (Å²) < 4.78 is 42.0. The molecule has 3 N–H and O–H groups in total. The fourth-order valence-corrected chi connectivity index (χ4v) is 4.76. The molecule has 174 valence electrons. The van der Waals surface area contributed by atoms with Gasteiger partial charge in [-0.05, 0) is 61.4 Å². The minimum atomic E-state index is -3.95.